The van der Waals surface area contributed by atoms with Gasteiger partial charge in [-0.2, -0.15) is 0 Å². The fourth-order valence-electron chi connectivity index (χ4n) is 2.77. The van der Waals surface area contributed by atoms with Gasteiger partial charge in [-0.15, -0.1) is 0 Å². The van der Waals surface area contributed by atoms with E-state index in [0.717, 1.165) is 16.9 Å². The van der Waals surface area contributed by atoms with Gasteiger partial charge in [0, 0.05) is 6.07 Å². The zero-order chi connectivity index (χ0) is 20.5. The molecule has 0 aliphatic rings. The monoisotopic (exact) mass is 391 g/mol. The Hall–Kier alpha value is -3.67. The number of anilines is 1. The maximum absolute atomic E-state index is 6.06. The van der Waals surface area contributed by atoms with Crippen LogP contribution in [0.5, 0.6) is 17.2 Å². The summed E-state index contributed by atoms with van der Waals surface area (Å²) in [6, 6.07) is 23.3. The Bertz CT molecular complexity index is 959. The van der Waals surface area contributed by atoms with Gasteiger partial charge in [0.2, 0.25) is 0 Å². The molecule has 0 spiro atoms. The molecule has 6 heteroatoms. The molecule has 3 aromatic carbocycles. The van der Waals surface area contributed by atoms with Crippen molar-refractivity contribution in [2.45, 2.75) is 13.2 Å². The van der Waals surface area contributed by atoms with E-state index >= 15 is 0 Å². The molecule has 6 nitrogen and oxygen atoms in total. The van der Waals surface area contributed by atoms with Gasteiger partial charge < -0.3 is 25.3 Å². The summed E-state index contributed by atoms with van der Waals surface area (Å²) in [7, 11) is 3.21. The van der Waals surface area contributed by atoms with E-state index in [4.69, 9.17) is 19.9 Å². The predicted molar refractivity (Wildman–Crippen MR) is 116 cm³/mol. The molecule has 0 atom stereocenters. The van der Waals surface area contributed by atoms with E-state index in [0.29, 0.717) is 36.3 Å². The van der Waals surface area contributed by atoms with Crippen molar-refractivity contribution in [2.24, 2.45) is 10.7 Å². The Morgan fingerprint density at radius 1 is 0.862 bits per heavy atom. The summed E-state index contributed by atoms with van der Waals surface area (Å²) in [5.41, 5.74) is 8.87. The van der Waals surface area contributed by atoms with E-state index in [-0.39, 0.29) is 0 Å². The first-order valence-electron chi connectivity index (χ1n) is 9.22. The minimum Gasteiger partial charge on any atom is -0.497 e. The molecule has 150 valence electrons. The highest BCUT2D eigenvalue weighted by Crippen LogP contribution is 2.28. The maximum atomic E-state index is 6.06. The molecule has 29 heavy (non-hydrogen) atoms. The fourth-order valence-corrected chi connectivity index (χ4v) is 2.77. The predicted octanol–water partition coefficient (Wildman–Crippen LogP) is 4.21. The van der Waals surface area contributed by atoms with Gasteiger partial charge in [0.25, 0.3) is 0 Å². The third kappa shape index (κ3) is 5.90. The fraction of sp³-hybridized carbons (Fsp3) is 0.174. The molecule has 3 aromatic rings. The van der Waals surface area contributed by atoms with Crippen LogP contribution in [0.1, 0.15) is 11.1 Å². The molecule has 0 bridgehead atoms. The number of nitrogens with one attached hydrogen (secondary N) is 1. The molecule has 0 saturated carbocycles. The van der Waals surface area contributed by atoms with Crippen molar-refractivity contribution in [3.05, 3.63) is 83.9 Å². The zero-order valence-electron chi connectivity index (χ0n) is 16.6. The minimum absolute atomic E-state index is 0.294. The molecule has 0 aliphatic heterocycles. The Balaban J connectivity index is 1.62. The summed E-state index contributed by atoms with van der Waals surface area (Å²) in [4.78, 5) is 4.43. The second kappa shape index (κ2) is 10.0. The molecular formula is C23H25N3O3. The quantitative estimate of drug-likeness (QED) is 0.444. The number of rotatable bonds is 8. The van der Waals surface area contributed by atoms with Crippen LogP contribution in [0.3, 0.4) is 0 Å². The zero-order valence-corrected chi connectivity index (χ0v) is 16.6. The number of guanidine groups is 1. The molecule has 0 heterocycles. The van der Waals surface area contributed by atoms with Crippen LogP contribution in [0.25, 0.3) is 0 Å². The van der Waals surface area contributed by atoms with Gasteiger partial charge in [0.1, 0.15) is 23.9 Å². The van der Waals surface area contributed by atoms with Gasteiger partial charge in [0.05, 0.1) is 26.5 Å². The molecule has 0 aromatic heterocycles. The number of hydrogen-bond acceptors (Lipinski definition) is 4. The van der Waals surface area contributed by atoms with Crippen LogP contribution in [-0.2, 0) is 13.2 Å². The van der Waals surface area contributed by atoms with Gasteiger partial charge in [0.15, 0.2) is 5.96 Å². The smallest absolute Gasteiger partial charge is 0.193 e. The van der Waals surface area contributed by atoms with Crippen molar-refractivity contribution < 1.29 is 14.2 Å². The SMILES string of the molecule is COc1ccc(OC)c(NC(N)=NCc2cccc(COc3ccccc3)c2)c1. The molecule has 0 saturated heterocycles. The van der Waals surface area contributed by atoms with E-state index < -0.39 is 0 Å². The first-order chi connectivity index (χ1) is 14.2. The Morgan fingerprint density at radius 3 is 2.41 bits per heavy atom. The molecule has 0 unspecified atom stereocenters. The molecule has 3 N–H and O–H groups in total. The highest BCUT2D eigenvalue weighted by Gasteiger charge is 2.06. The number of ether oxygens (including phenoxy) is 3. The van der Waals surface area contributed by atoms with E-state index in [2.05, 4.69) is 16.4 Å². The summed E-state index contributed by atoms with van der Waals surface area (Å²) < 4.78 is 16.4. The summed E-state index contributed by atoms with van der Waals surface area (Å²) in [6.07, 6.45) is 0. The van der Waals surface area contributed by atoms with Crippen molar-refractivity contribution >= 4 is 11.6 Å². The molecular weight excluding hydrogens is 366 g/mol. The van der Waals surface area contributed by atoms with Crippen LogP contribution in [0, 0.1) is 0 Å². The summed E-state index contributed by atoms with van der Waals surface area (Å²) in [5.74, 6) is 2.50. The lowest BCUT2D eigenvalue weighted by molar-refractivity contribution is 0.306. The lowest BCUT2D eigenvalue weighted by Gasteiger charge is -2.12. The standard InChI is InChI=1S/C23H25N3O3/c1-27-20-11-12-22(28-2)21(14-20)26-23(24)25-15-17-7-6-8-18(13-17)16-29-19-9-4-3-5-10-19/h3-14H,15-16H2,1-2H3,(H3,24,25,26). The maximum Gasteiger partial charge on any atom is 0.193 e. The summed E-state index contributed by atoms with van der Waals surface area (Å²) in [6.45, 7) is 0.945. The topological polar surface area (TPSA) is 78.1 Å². The molecule has 0 aliphatic carbocycles. The van der Waals surface area contributed by atoms with Crippen molar-refractivity contribution in [3.8, 4) is 17.2 Å². The Morgan fingerprint density at radius 2 is 1.66 bits per heavy atom. The minimum atomic E-state index is 0.294. The van der Waals surface area contributed by atoms with Crippen LogP contribution in [0.2, 0.25) is 0 Å². The van der Waals surface area contributed by atoms with Crippen molar-refractivity contribution in [1.29, 1.82) is 0 Å². The highest BCUT2D eigenvalue weighted by atomic mass is 16.5. The van der Waals surface area contributed by atoms with Crippen LogP contribution >= 0.6 is 0 Å². The highest BCUT2D eigenvalue weighted by molar-refractivity contribution is 5.94. The molecule has 0 amide bonds. The average Bonchev–Trinajstić information content (AvgIpc) is 2.77. The number of nitrogens with zero attached hydrogens (tertiary/aromatic N) is 1. The van der Waals surface area contributed by atoms with Crippen molar-refractivity contribution in [2.75, 3.05) is 19.5 Å². The Kier molecular flexibility index (Phi) is 6.95. The first kappa shape index (κ1) is 20.1. The Labute approximate surface area is 170 Å². The summed E-state index contributed by atoms with van der Waals surface area (Å²) >= 11 is 0. The second-order valence-electron chi connectivity index (χ2n) is 6.31. The second-order valence-corrected chi connectivity index (χ2v) is 6.31. The van der Waals surface area contributed by atoms with Crippen LogP contribution in [0.15, 0.2) is 77.8 Å². The van der Waals surface area contributed by atoms with E-state index in [9.17, 15) is 0 Å². The number of benzene rings is 3. The lowest BCUT2D eigenvalue weighted by Crippen LogP contribution is -2.23. The number of aliphatic imine (C=N–C) groups is 1. The largest absolute Gasteiger partial charge is 0.497 e. The van der Waals surface area contributed by atoms with Gasteiger partial charge in [-0.1, -0.05) is 42.5 Å². The molecule has 0 radical (unpaired) electrons. The first-order valence-corrected chi connectivity index (χ1v) is 9.22. The van der Waals surface area contributed by atoms with E-state index in [1.165, 1.54) is 0 Å². The average molecular weight is 391 g/mol. The van der Waals surface area contributed by atoms with Crippen LogP contribution in [-0.4, -0.2) is 20.2 Å². The van der Waals surface area contributed by atoms with Gasteiger partial charge in [-0.3, -0.25) is 0 Å². The number of hydrogen-bond donors (Lipinski definition) is 2. The number of nitrogens with two attached hydrogens (primary N) is 1. The van der Waals surface area contributed by atoms with Gasteiger partial charge in [-0.25, -0.2) is 4.99 Å². The van der Waals surface area contributed by atoms with Crippen molar-refractivity contribution in [3.63, 3.8) is 0 Å². The number of para-hydroxylation sites is 1. The normalized spacial score (nSPS) is 11.0. The third-order valence-electron chi connectivity index (χ3n) is 4.24. The van der Waals surface area contributed by atoms with Gasteiger partial charge >= 0.3 is 0 Å². The molecule has 3 rings (SSSR count). The van der Waals surface area contributed by atoms with Crippen molar-refractivity contribution in [1.82, 2.24) is 0 Å². The third-order valence-corrected chi connectivity index (χ3v) is 4.24. The van der Waals surface area contributed by atoms with Crippen LogP contribution < -0.4 is 25.3 Å². The number of methoxy groups -OCH3 is 2. The van der Waals surface area contributed by atoms with Gasteiger partial charge in [-0.05, 0) is 35.4 Å². The lowest BCUT2D eigenvalue weighted by atomic mass is 10.1. The van der Waals surface area contributed by atoms with E-state index in [1.54, 1.807) is 14.2 Å². The summed E-state index contributed by atoms with van der Waals surface area (Å²) in [5, 5.41) is 3.07. The van der Waals surface area contributed by atoms with Crippen LogP contribution in [0.4, 0.5) is 5.69 Å². The van der Waals surface area contributed by atoms with E-state index in [1.807, 2.05) is 66.7 Å². The molecule has 0 fully saturated rings.